The van der Waals surface area contributed by atoms with Crippen LogP contribution in [0.15, 0.2) is 12.3 Å². The Morgan fingerprint density at radius 2 is 2.33 bits per heavy atom. The third kappa shape index (κ3) is 2.61. The maximum absolute atomic E-state index is 12.1. The van der Waals surface area contributed by atoms with Crippen molar-refractivity contribution in [3.8, 4) is 0 Å². The van der Waals surface area contributed by atoms with Gasteiger partial charge in [0.1, 0.15) is 0 Å². The Morgan fingerprint density at radius 3 is 2.89 bits per heavy atom. The van der Waals surface area contributed by atoms with Crippen LogP contribution in [0.25, 0.3) is 0 Å². The van der Waals surface area contributed by atoms with Gasteiger partial charge in [0, 0.05) is 11.3 Å². The smallest absolute Gasteiger partial charge is 0.253 e. The Bertz CT molecular complexity index is 452. The van der Waals surface area contributed by atoms with Gasteiger partial charge in [-0.05, 0) is 32.1 Å². The molecule has 1 aliphatic rings. The normalized spacial score (nSPS) is 17.0. The zero-order valence-electron chi connectivity index (χ0n) is 10.8. The first kappa shape index (κ1) is 13.2. The van der Waals surface area contributed by atoms with E-state index >= 15 is 0 Å². The van der Waals surface area contributed by atoms with Gasteiger partial charge in [0.2, 0.25) is 0 Å². The number of nitrogen functional groups attached to an aromatic ring is 1. The van der Waals surface area contributed by atoms with Crippen LogP contribution in [-0.2, 0) is 0 Å². The second-order valence-corrected chi connectivity index (χ2v) is 6.10. The first-order valence-electron chi connectivity index (χ1n) is 6.12. The van der Waals surface area contributed by atoms with Gasteiger partial charge in [0.05, 0.1) is 23.1 Å². The van der Waals surface area contributed by atoms with E-state index < -0.39 is 0 Å². The summed E-state index contributed by atoms with van der Waals surface area (Å²) in [5, 5.41) is 3.01. The standard InChI is InChI=1S/C13H19N3OS/c1-9-11(6-10(14)7-15-9)12(17)16-8-13(18-2)4-3-5-13/h6-7H,3-5,8,14H2,1-2H3,(H,16,17). The van der Waals surface area contributed by atoms with E-state index in [1.807, 2.05) is 18.7 Å². The van der Waals surface area contributed by atoms with Gasteiger partial charge in [-0.1, -0.05) is 6.42 Å². The summed E-state index contributed by atoms with van der Waals surface area (Å²) in [7, 11) is 0. The van der Waals surface area contributed by atoms with Crippen molar-refractivity contribution in [2.75, 3.05) is 18.5 Å². The molecule has 0 aliphatic heterocycles. The van der Waals surface area contributed by atoms with E-state index in [0.717, 1.165) is 6.54 Å². The number of carbonyl (C=O) groups is 1. The lowest BCUT2D eigenvalue weighted by molar-refractivity contribution is 0.0943. The Morgan fingerprint density at radius 1 is 1.61 bits per heavy atom. The Labute approximate surface area is 112 Å². The molecule has 0 atom stereocenters. The van der Waals surface area contributed by atoms with Gasteiger partial charge in [-0.3, -0.25) is 9.78 Å². The fourth-order valence-electron chi connectivity index (χ4n) is 2.14. The van der Waals surface area contributed by atoms with Crippen LogP contribution >= 0.6 is 11.8 Å². The van der Waals surface area contributed by atoms with E-state index in [-0.39, 0.29) is 10.7 Å². The predicted octanol–water partition coefficient (Wildman–Crippen LogP) is 1.99. The molecule has 18 heavy (non-hydrogen) atoms. The number of carbonyl (C=O) groups excluding carboxylic acids is 1. The van der Waals surface area contributed by atoms with E-state index in [4.69, 9.17) is 5.73 Å². The first-order valence-corrected chi connectivity index (χ1v) is 7.34. The number of hydrogen-bond donors (Lipinski definition) is 2. The molecule has 1 saturated carbocycles. The minimum atomic E-state index is -0.0763. The van der Waals surface area contributed by atoms with E-state index in [0.29, 0.717) is 16.9 Å². The highest BCUT2D eigenvalue weighted by Crippen LogP contribution is 2.42. The molecule has 0 spiro atoms. The molecule has 3 N–H and O–H groups in total. The van der Waals surface area contributed by atoms with Gasteiger partial charge in [0.15, 0.2) is 0 Å². The van der Waals surface area contributed by atoms with E-state index in [9.17, 15) is 4.79 Å². The molecule has 1 fully saturated rings. The van der Waals surface area contributed by atoms with Crippen molar-refractivity contribution in [1.29, 1.82) is 0 Å². The summed E-state index contributed by atoms with van der Waals surface area (Å²) in [6, 6.07) is 1.68. The van der Waals surface area contributed by atoms with Gasteiger partial charge in [-0.15, -0.1) is 0 Å². The van der Waals surface area contributed by atoms with Crippen molar-refractivity contribution < 1.29 is 4.79 Å². The Kier molecular flexibility index (Phi) is 3.80. The van der Waals surface area contributed by atoms with Crippen molar-refractivity contribution in [3.05, 3.63) is 23.5 Å². The van der Waals surface area contributed by atoms with Crippen molar-refractivity contribution >= 4 is 23.4 Å². The number of hydrogen-bond acceptors (Lipinski definition) is 4. The van der Waals surface area contributed by atoms with E-state index in [2.05, 4.69) is 16.6 Å². The van der Waals surface area contributed by atoms with Crippen LogP contribution in [0.2, 0.25) is 0 Å². The van der Waals surface area contributed by atoms with Crippen molar-refractivity contribution in [3.63, 3.8) is 0 Å². The highest BCUT2D eigenvalue weighted by atomic mass is 32.2. The summed E-state index contributed by atoms with van der Waals surface area (Å²) in [6.45, 7) is 2.54. The molecule has 0 aromatic carbocycles. The van der Waals surface area contributed by atoms with Crippen molar-refractivity contribution in [1.82, 2.24) is 10.3 Å². The molecule has 1 heterocycles. The number of aryl methyl sites for hydroxylation is 1. The number of nitrogens with two attached hydrogens (primary N) is 1. The molecule has 1 aliphatic carbocycles. The lowest BCUT2D eigenvalue weighted by Crippen LogP contribution is -2.45. The summed E-state index contributed by atoms with van der Waals surface area (Å²) in [4.78, 5) is 16.2. The van der Waals surface area contributed by atoms with Crippen LogP contribution in [0.4, 0.5) is 5.69 Å². The molecular weight excluding hydrogens is 246 g/mol. The largest absolute Gasteiger partial charge is 0.397 e. The van der Waals surface area contributed by atoms with Gasteiger partial charge < -0.3 is 11.1 Å². The quantitative estimate of drug-likeness (QED) is 0.873. The van der Waals surface area contributed by atoms with Crippen molar-refractivity contribution in [2.24, 2.45) is 0 Å². The first-order chi connectivity index (χ1) is 8.56. The molecule has 1 aromatic rings. The number of thioether (sulfide) groups is 1. The molecule has 0 radical (unpaired) electrons. The fourth-order valence-corrected chi connectivity index (χ4v) is 3.05. The lowest BCUT2D eigenvalue weighted by Gasteiger charge is -2.40. The summed E-state index contributed by atoms with van der Waals surface area (Å²) in [5.74, 6) is -0.0763. The predicted molar refractivity (Wildman–Crippen MR) is 75.8 cm³/mol. The molecule has 1 amide bonds. The summed E-state index contributed by atoms with van der Waals surface area (Å²) in [5.41, 5.74) is 7.48. The van der Waals surface area contributed by atoms with Crippen LogP contribution in [0.3, 0.4) is 0 Å². The Balaban J connectivity index is 2.01. The zero-order valence-corrected chi connectivity index (χ0v) is 11.6. The summed E-state index contributed by atoms with van der Waals surface area (Å²) < 4.78 is 0.247. The highest BCUT2D eigenvalue weighted by molar-refractivity contribution is 8.00. The highest BCUT2D eigenvalue weighted by Gasteiger charge is 2.36. The third-order valence-electron chi connectivity index (χ3n) is 3.62. The average Bonchev–Trinajstić information content (AvgIpc) is 2.31. The topological polar surface area (TPSA) is 68.0 Å². The van der Waals surface area contributed by atoms with Crippen LogP contribution in [0.5, 0.6) is 0 Å². The number of anilines is 1. The second kappa shape index (κ2) is 5.18. The number of nitrogens with one attached hydrogen (secondary N) is 1. The molecule has 5 heteroatoms. The molecule has 98 valence electrons. The van der Waals surface area contributed by atoms with Gasteiger partial charge in [-0.25, -0.2) is 0 Å². The molecular formula is C13H19N3OS. The zero-order chi connectivity index (χ0) is 13.2. The molecule has 0 bridgehead atoms. The maximum Gasteiger partial charge on any atom is 0.253 e. The van der Waals surface area contributed by atoms with Crippen LogP contribution in [-0.4, -0.2) is 28.4 Å². The van der Waals surface area contributed by atoms with Gasteiger partial charge >= 0.3 is 0 Å². The van der Waals surface area contributed by atoms with Crippen LogP contribution in [0, 0.1) is 6.92 Å². The number of aromatic nitrogens is 1. The lowest BCUT2D eigenvalue weighted by atomic mass is 9.84. The van der Waals surface area contributed by atoms with Gasteiger partial charge in [-0.2, -0.15) is 11.8 Å². The van der Waals surface area contributed by atoms with Crippen molar-refractivity contribution in [2.45, 2.75) is 30.9 Å². The third-order valence-corrected chi connectivity index (χ3v) is 5.04. The van der Waals surface area contributed by atoms with E-state index in [1.165, 1.54) is 19.3 Å². The molecule has 2 rings (SSSR count). The second-order valence-electron chi connectivity index (χ2n) is 4.82. The molecule has 1 aromatic heterocycles. The molecule has 4 nitrogen and oxygen atoms in total. The minimum absolute atomic E-state index is 0.0763. The number of pyridine rings is 1. The van der Waals surface area contributed by atoms with Crippen LogP contribution in [0.1, 0.15) is 35.3 Å². The van der Waals surface area contributed by atoms with Crippen LogP contribution < -0.4 is 11.1 Å². The number of nitrogens with zero attached hydrogens (tertiary/aromatic N) is 1. The van der Waals surface area contributed by atoms with E-state index in [1.54, 1.807) is 12.3 Å². The monoisotopic (exact) mass is 265 g/mol. The molecule has 0 saturated heterocycles. The number of amides is 1. The fraction of sp³-hybridized carbons (Fsp3) is 0.538. The average molecular weight is 265 g/mol. The number of rotatable bonds is 4. The SMILES string of the molecule is CSC1(CNC(=O)c2cc(N)cnc2C)CCC1. The summed E-state index contributed by atoms with van der Waals surface area (Å²) in [6.07, 6.45) is 7.31. The Hall–Kier alpha value is -1.23. The summed E-state index contributed by atoms with van der Waals surface area (Å²) >= 11 is 1.85. The van der Waals surface area contributed by atoms with Gasteiger partial charge in [0.25, 0.3) is 5.91 Å². The maximum atomic E-state index is 12.1. The molecule has 0 unspecified atom stereocenters. The minimum Gasteiger partial charge on any atom is -0.397 e.